The largest absolute Gasteiger partial charge is 0.316 e. The predicted molar refractivity (Wildman–Crippen MR) is 46.8 cm³/mol. The smallest absolute Gasteiger partial charge is 0.0794 e. The van der Waals surface area contributed by atoms with E-state index in [1.165, 1.54) is 11.3 Å². The molecule has 1 aromatic heterocycles. The minimum Gasteiger partial charge on any atom is -0.316 e. The van der Waals surface area contributed by atoms with Crippen LogP contribution < -0.4 is 5.32 Å². The SMILES string of the molecule is CC1(Cc2cncs2)CNC1. The third-order valence-corrected chi connectivity index (χ3v) is 2.97. The maximum absolute atomic E-state index is 4.06. The van der Waals surface area contributed by atoms with Gasteiger partial charge in [0, 0.05) is 24.2 Å². The number of aromatic nitrogens is 1. The first-order valence-electron chi connectivity index (χ1n) is 3.87. The molecule has 0 saturated carbocycles. The summed E-state index contributed by atoms with van der Waals surface area (Å²) in [6.07, 6.45) is 3.17. The van der Waals surface area contributed by atoms with Crippen molar-refractivity contribution in [3.05, 3.63) is 16.6 Å². The van der Waals surface area contributed by atoms with Crippen molar-refractivity contribution in [3.63, 3.8) is 0 Å². The van der Waals surface area contributed by atoms with Gasteiger partial charge in [-0.25, -0.2) is 0 Å². The van der Waals surface area contributed by atoms with Gasteiger partial charge in [-0.1, -0.05) is 6.92 Å². The molecule has 0 atom stereocenters. The number of nitrogens with zero attached hydrogens (tertiary/aromatic N) is 1. The summed E-state index contributed by atoms with van der Waals surface area (Å²) in [5.74, 6) is 0. The Morgan fingerprint density at radius 2 is 2.55 bits per heavy atom. The summed E-state index contributed by atoms with van der Waals surface area (Å²) in [7, 11) is 0. The van der Waals surface area contributed by atoms with Crippen LogP contribution in [0, 0.1) is 5.41 Å². The van der Waals surface area contributed by atoms with E-state index >= 15 is 0 Å². The van der Waals surface area contributed by atoms with Crippen molar-refractivity contribution in [1.29, 1.82) is 0 Å². The molecule has 0 aliphatic carbocycles. The molecule has 0 bridgehead atoms. The van der Waals surface area contributed by atoms with Gasteiger partial charge in [-0.15, -0.1) is 11.3 Å². The molecule has 1 N–H and O–H groups in total. The molecular weight excluding hydrogens is 156 g/mol. The van der Waals surface area contributed by atoms with Crippen molar-refractivity contribution in [3.8, 4) is 0 Å². The van der Waals surface area contributed by atoms with Gasteiger partial charge in [-0.3, -0.25) is 4.98 Å². The molecule has 3 heteroatoms. The molecule has 0 spiro atoms. The summed E-state index contributed by atoms with van der Waals surface area (Å²) in [4.78, 5) is 5.47. The van der Waals surface area contributed by atoms with E-state index < -0.39 is 0 Å². The van der Waals surface area contributed by atoms with Crippen LogP contribution in [0.25, 0.3) is 0 Å². The Hall–Kier alpha value is -0.410. The first kappa shape index (κ1) is 7.25. The Morgan fingerprint density at radius 3 is 3.00 bits per heavy atom. The fourth-order valence-electron chi connectivity index (χ4n) is 1.43. The Labute approximate surface area is 70.7 Å². The van der Waals surface area contributed by atoms with Crippen LogP contribution >= 0.6 is 11.3 Å². The second-order valence-corrected chi connectivity index (χ2v) is 4.53. The van der Waals surface area contributed by atoms with Crippen molar-refractivity contribution >= 4 is 11.3 Å². The summed E-state index contributed by atoms with van der Waals surface area (Å²) in [5, 5.41) is 3.30. The fraction of sp³-hybridized carbons (Fsp3) is 0.625. The number of hydrogen-bond donors (Lipinski definition) is 1. The van der Waals surface area contributed by atoms with Gasteiger partial charge in [-0.05, 0) is 11.8 Å². The van der Waals surface area contributed by atoms with Crippen molar-refractivity contribution < 1.29 is 0 Å². The molecule has 1 saturated heterocycles. The average Bonchev–Trinajstić information content (AvgIpc) is 2.36. The number of hydrogen-bond acceptors (Lipinski definition) is 3. The lowest BCUT2D eigenvalue weighted by atomic mass is 9.80. The number of rotatable bonds is 2. The van der Waals surface area contributed by atoms with E-state index in [0.717, 1.165) is 13.1 Å². The summed E-state index contributed by atoms with van der Waals surface area (Å²) >= 11 is 1.76. The molecule has 0 aromatic carbocycles. The normalized spacial score (nSPS) is 21.2. The highest BCUT2D eigenvalue weighted by Crippen LogP contribution is 2.27. The Morgan fingerprint density at radius 1 is 1.73 bits per heavy atom. The molecule has 0 radical (unpaired) electrons. The van der Waals surface area contributed by atoms with Crippen LogP contribution in [-0.4, -0.2) is 18.1 Å². The monoisotopic (exact) mass is 168 g/mol. The van der Waals surface area contributed by atoms with Gasteiger partial charge in [0.25, 0.3) is 0 Å². The second kappa shape index (κ2) is 2.57. The van der Waals surface area contributed by atoms with E-state index in [1.807, 2.05) is 11.7 Å². The number of thiazole rings is 1. The highest BCUT2D eigenvalue weighted by atomic mass is 32.1. The van der Waals surface area contributed by atoms with Gasteiger partial charge in [0.05, 0.1) is 5.51 Å². The second-order valence-electron chi connectivity index (χ2n) is 3.56. The topological polar surface area (TPSA) is 24.9 Å². The van der Waals surface area contributed by atoms with Crippen molar-refractivity contribution in [2.75, 3.05) is 13.1 Å². The van der Waals surface area contributed by atoms with Crippen LogP contribution in [0.2, 0.25) is 0 Å². The Bertz CT molecular complexity index is 226. The molecule has 1 aliphatic rings. The van der Waals surface area contributed by atoms with Crippen LogP contribution in [0.1, 0.15) is 11.8 Å². The zero-order valence-electron chi connectivity index (χ0n) is 6.63. The molecule has 1 aromatic rings. The van der Waals surface area contributed by atoms with Gasteiger partial charge in [0.1, 0.15) is 0 Å². The maximum Gasteiger partial charge on any atom is 0.0794 e. The van der Waals surface area contributed by atoms with E-state index in [1.54, 1.807) is 11.3 Å². The summed E-state index contributed by atoms with van der Waals surface area (Å²) in [5.41, 5.74) is 2.41. The predicted octanol–water partition coefficient (Wildman–Crippen LogP) is 1.30. The van der Waals surface area contributed by atoms with Gasteiger partial charge >= 0.3 is 0 Å². The lowest BCUT2D eigenvalue weighted by molar-refractivity contribution is 0.197. The van der Waals surface area contributed by atoms with Crippen LogP contribution in [0.15, 0.2) is 11.7 Å². The Kier molecular flexibility index (Phi) is 1.69. The Balaban J connectivity index is 2.00. The lowest BCUT2D eigenvalue weighted by Gasteiger charge is -2.39. The third kappa shape index (κ3) is 1.44. The van der Waals surface area contributed by atoms with Crippen molar-refractivity contribution in [2.24, 2.45) is 5.41 Å². The van der Waals surface area contributed by atoms with Crippen LogP contribution in [0.5, 0.6) is 0 Å². The summed E-state index contributed by atoms with van der Waals surface area (Å²) in [6.45, 7) is 4.64. The minimum absolute atomic E-state index is 0.506. The third-order valence-electron chi connectivity index (χ3n) is 2.19. The van der Waals surface area contributed by atoms with Crippen molar-refractivity contribution in [2.45, 2.75) is 13.3 Å². The van der Waals surface area contributed by atoms with E-state index in [9.17, 15) is 0 Å². The highest BCUT2D eigenvalue weighted by Gasteiger charge is 2.31. The van der Waals surface area contributed by atoms with E-state index in [4.69, 9.17) is 0 Å². The maximum atomic E-state index is 4.06. The molecule has 1 fully saturated rings. The zero-order chi connectivity index (χ0) is 7.73. The standard InChI is InChI=1S/C8H12N2S/c1-8(4-10-5-8)2-7-3-9-6-11-7/h3,6,10H,2,4-5H2,1H3. The zero-order valence-corrected chi connectivity index (χ0v) is 7.45. The van der Waals surface area contributed by atoms with E-state index in [2.05, 4.69) is 17.2 Å². The average molecular weight is 168 g/mol. The van der Waals surface area contributed by atoms with Crippen molar-refractivity contribution in [1.82, 2.24) is 10.3 Å². The summed E-state index contributed by atoms with van der Waals surface area (Å²) in [6, 6.07) is 0. The van der Waals surface area contributed by atoms with E-state index in [-0.39, 0.29) is 0 Å². The van der Waals surface area contributed by atoms with Gasteiger partial charge in [-0.2, -0.15) is 0 Å². The quantitative estimate of drug-likeness (QED) is 0.720. The van der Waals surface area contributed by atoms with Gasteiger partial charge in [0.2, 0.25) is 0 Å². The highest BCUT2D eigenvalue weighted by molar-refractivity contribution is 7.09. The van der Waals surface area contributed by atoms with E-state index in [0.29, 0.717) is 5.41 Å². The van der Waals surface area contributed by atoms with Gasteiger partial charge < -0.3 is 5.32 Å². The molecule has 0 unspecified atom stereocenters. The fourth-order valence-corrected chi connectivity index (χ4v) is 2.24. The minimum atomic E-state index is 0.506. The molecule has 2 nitrogen and oxygen atoms in total. The number of nitrogens with one attached hydrogen (secondary N) is 1. The summed E-state index contributed by atoms with van der Waals surface area (Å²) < 4.78 is 0. The lowest BCUT2D eigenvalue weighted by Crippen LogP contribution is -2.52. The molecule has 2 rings (SSSR count). The first-order chi connectivity index (χ1) is 5.29. The molecule has 2 heterocycles. The molecule has 0 amide bonds. The molecular formula is C8H12N2S. The van der Waals surface area contributed by atoms with Gasteiger partial charge in [0.15, 0.2) is 0 Å². The van der Waals surface area contributed by atoms with Crippen LogP contribution in [-0.2, 0) is 6.42 Å². The first-order valence-corrected chi connectivity index (χ1v) is 4.75. The molecule has 60 valence electrons. The molecule has 11 heavy (non-hydrogen) atoms. The van der Waals surface area contributed by atoms with Crippen LogP contribution in [0.3, 0.4) is 0 Å². The molecule has 1 aliphatic heterocycles. The van der Waals surface area contributed by atoms with Crippen LogP contribution in [0.4, 0.5) is 0 Å².